The summed E-state index contributed by atoms with van der Waals surface area (Å²) in [6, 6.07) is 7.10. The Bertz CT molecular complexity index is 638. The summed E-state index contributed by atoms with van der Waals surface area (Å²) in [4.78, 5) is 7.26. The minimum absolute atomic E-state index is 0.478. The molecule has 114 valence electrons. The van der Waals surface area contributed by atoms with E-state index in [1.807, 2.05) is 0 Å². The van der Waals surface area contributed by atoms with Crippen LogP contribution >= 0.6 is 34.2 Å². The largest absolute Gasteiger partial charge is 0.327 e. The average molecular weight is 418 g/mol. The highest BCUT2D eigenvalue weighted by molar-refractivity contribution is 14.1. The van der Waals surface area contributed by atoms with E-state index in [4.69, 9.17) is 16.6 Å². The Hall–Kier alpha value is -0.330. The number of halogens is 2. The van der Waals surface area contributed by atoms with Crippen LogP contribution in [-0.4, -0.2) is 33.6 Å². The van der Waals surface area contributed by atoms with Gasteiger partial charge in [0.1, 0.15) is 5.82 Å². The average Bonchev–Trinajstić information content (AvgIpc) is 3.04. The molecule has 2 aromatic rings. The van der Waals surface area contributed by atoms with Gasteiger partial charge in [-0.1, -0.05) is 0 Å². The molecule has 3 nitrogen and oxygen atoms in total. The molecule has 0 N–H and O–H groups in total. The first-order valence-electron chi connectivity index (χ1n) is 7.53. The monoisotopic (exact) mass is 417 g/mol. The van der Waals surface area contributed by atoms with Gasteiger partial charge in [0.15, 0.2) is 0 Å². The van der Waals surface area contributed by atoms with Gasteiger partial charge in [-0.25, -0.2) is 4.98 Å². The van der Waals surface area contributed by atoms with Crippen molar-refractivity contribution in [3.8, 4) is 0 Å². The van der Waals surface area contributed by atoms with Gasteiger partial charge in [0.25, 0.3) is 0 Å². The molecule has 21 heavy (non-hydrogen) atoms. The van der Waals surface area contributed by atoms with Gasteiger partial charge in [0, 0.05) is 22.7 Å². The topological polar surface area (TPSA) is 21.1 Å². The third kappa shape index (κ3) is 3.22. The lowest BCUT2D eigenvalue weighted by molar-refractivity contribution is 0.261. The molecule has 0 amide bonds. The van der Waals surface area contributed by atoms with Crippen molar-refractivity contribution in [2.75, 3.05) is 13.1 Å². The molecule has 0 bridgehead atoms. The third-order valence-electron chi connectivity index (χ3n) is 4.40. The van der Waals surface area contributed by atoms with E-state index in [1.165, 1.54) is 28.6 Å². The van der Waals surface area contributed by atoms with Crippen molar-refractivity contribution >= 4 is 45.2 Å². The van der Waals surface area contributed by atoms with Crippen LogP contribution in [-0.2, 0) is 12.4 Å². The predicted octanol–water partition coefficient (Wildman–Crippen LogP) is 4.11. The molecule has 0 aliphatic carbocycles. The van der Waals surface area contributed by atoms with Gasteiger partial charge in [-0.2, -0.15) is 0 Å². The van der Waals surface area contributed by atoms with Gasteiger partial charge in [0.05, 0.1) is 16.9 Å². The summed E-state index contributed by atoms with van der Waals surface area (Å²) in [5, 5.41) is 0. The van der Waals surface area contributed by atoms with E-state index in [9.17, 15) is 0 Å². The van der Waals surface area contributed by atoms with E-state index in [0.29, 0.717) is 17.8 Å². The summed E-state index contributed by atoms with van der Waals surface area (Å²) in [6.07, 6.45) is 1.27. The van der Waals surface area contributed by atoms with E-state index in [0.717, 1.165) is 17.9 Å². The highest BCUT2D eigenvalue weighted by atomic mass is 127. The van der Waals surface area contributed by atoms with Gasteiger partial charge in [-0.05, 0) is 73.5 Å². The maximum Gasteiger partial charge on any atom is 0.124 e. The number of fused-ring (bicyclic) bond motifs is 1. The fourth-order valence-electron chi connectivity index (χ4n) is 3.20. The predicted molar refractivity (Wildman–Crippen MR) is 96.8 cm³/mol. The summed E-state index contributed by atoms with van der Waals surface area (Å²) in [6.45, 7) is 7.98. The fraction of sp³-hybridized carbons (Fsp3) is 0.562. The Morgan fingerprint density at radius 1 is 1.43 bits per heavy atom. The second-order valence-electron chi connectivity index (χ2n) is 6.15. The number of hydrogen-bond donors (Lipinski definition) is 0. The quantitative estimate of drug-likeness (QED) is 0.551. The molecule has 1 aliphatic heterocycles. The number of hydrogen-bond acceptors (Lipinski definition) is 2. The summed E-state index contributed by atoms with van der Waals surface area (Å²) in [5.74, 6) is 2.18. The van der Waals surface area contributed by atoms with E-state index < -0.39 is 0 Å². The summed E-state index contributed by atoms with van der Waals surface area (Å²) < 4.78 is 3.55. The molecule has 1 unspecified atom stereocenters. The SMILES string of the molecule is CC(C)N1CCC(Cn2c(CCl)nc3cc(I)ccc32)C1. The van der Waals surface area contributed by atoms with Crippen molar-refractivity contribution in [3.05, 3.63) is 27.6 Å². The van der Waals surface area contributed by atoms with Crippen LogP contribution in [0.3, 0.4) is 0 Å². The summed E-state index contributed by atoms with van der Waals surface area (Å²) in [5.41, 5.74) is 2.28. The second-order valence-corrected chi connectivity index (χ2v) is 7.66. The van der Waals surface area contributed by atoms with E-state index >= 15 is 0 Å². The molecule has 3 rings (SSSR count). The zero-order valence-corrected chi connectivity index (χ0v) is 15.4. The van der Waals surface area contributed by atoms with Crippen LogP contribution in [0.1, 0.15) is 26.1 Å². The molecule has 0 saturated carbocycles. The molecule has 1 aromatic carbocycles. The molecule has 1 fully saturated rings. The van der Waals surface area contributed by atoms with Crippen LogP contribution in [0.2, 0.25) is 0 Å². The zero-order valence-electron chi connectivity index (χ0n) is 12.5. The number of alkyl halides is 1. The Morgan fingerprint density at radius 2 is 2.24 bits per heavy atom. The fourth-order valence-corrected chi connectivity index (χ4v) is 3.88. The van der Waals surface area contributed by atoms with Gasteiger partial charge in [-0.15, -0.1) is 11.6 Å². The molecular formula is C16H21ClIN3. The molecule has 1 atom stereocenters. The maximum absolute atomic E-state index is 6.11. The number of aromatic nitrogens is 2. The number of likely N-dealkylation sites (tertiary alicyclic amines) is 1. The second kappa shape index (κ2) is 6.42. The lowest BCUT2D eigenvalue weighted by Crippen LogP contribution is -2.28. The molecule has 1 aromatic heterocycles. The minimum atomic E-state index is 0.478. The van der Waals surface area contributed by atoms with Crippen LogP contribution in [0, 0.1) is 9.49 Å². The van der Waals surface area contributed by atoms with Gasteiger partial charge in [-0.3, -0.25) is 0 Å². The van der Waals surface area contributed by atoms with Crippen molar-refractivity contribution in [3.63, 3.8) is 0 Å². The van der Waals surface area contributed by atoms with Crippen LogP contribution in [0.5, 0.6) is 0 Å². The van der Waals surface area contributed by atoms with Crippen LogP contribution in [0.4, 0.5) is 0 Å². The first-order chi connectivity index (χ1) is 10.1. The molecule has 0 spiro atoms. The minimum Gasteiger partial charge on any atom is -0.327 e. The Kier molecular flexibility index (Phi) is 4.76. The Balaban J connectivity index is 1.86. The Labute approximate surface area is 144 Å². The zero-order chi connectivity index (χ0) is 15.0. The van der Waals surface area contributed by atoms with Crippen LogP contribution in [0.25, 0.3) is 11.0 Å². The summed E-state index contributed by atoms with van der Waals surface area (Å²) in [7, 11) is 0. The normalized spacial score (nSPS) is 20.0. The number of rotatable bonds is 4. The maximum atomic E-state index is 6.11. The number of benzene rings is 1. The first-order valence-corrected chi connectivity index (χ1v) is 9.14. The Morgan fingerprint density at radius 3 is 2.90 bits per heavy atom. The van der Waals surface area contributed by atoms with E-state index in [2.05, 4.69) is 64.1 Å². The van der Waals surface area contributed by atoms with Crippen molar-refractivity contribution < 1.29 is 0 Å². The summed E-state index contributed by atoms with van der Waals surface area (Å²) >= 11 is 8.44. The van der Waals surface area contributed by atoms with E-state index in [1.54, 1.807) is 0 Å². The van der Waals surface area contributed by atoms with Crippen molar-refractivity contribution in [2.45, 2.75) is 38.7 Å². The van der Waals surface area contributed by atoms with Crippen molar-refractivity contribution in [1.82, 2.24) is 14.5 Å². The highest BCUT2D eigenvalue weighted by Gasteiger charge is 2.25. The van der Waals surface area contributed by atoms with Gasteiger partial charge >= 0.3 is 0 Å². The lowest BCUT2D eigenvalue weighted by Gasteiger charge is -2.20. The molecular weight excluding hydrogens is 397 g/mol. The third-order valence-corrected chi connectivity index (χ3v) is 5.31. The van der Waals surface area contributed by atoms with Crippen molar-refractivity contribution in [2.24, 2.45) is 5.92 Å². The molecule has 1 aliphatic rings. The molecule has 5 heteroatoms. The number of imidazole rings is 1. The van der Waals surface area contributed by atoms with Crippen LogP contribution < -0.4 is 0 Å². The van der Waals surface area contributed by atoms with Crippen molar-refractivity contribution in [1.29, 1.82) is 0 Å². The van der Waals surface area contributed by atoms with Gasteiger partial charge < -0.3 is 9.47 Å². The standard InChI is InChI=1S/C16H21ClIN3/c1-11(2)20-6-5-12(9-20)10-21-15-4-3-13(18)7-14(15)19-16(21)8-17/h3-4,7,11-12H,5-6,8-10H2,1-2H3. The molecule has 1 saturated heterocycles. The first kappa shape index (κ1) is 15.6. The number of nitrogens with zero attached hydrogens (tertiary/aromatic N) is 3. The lowest BCUT2D eigenvalue weighted by atomic mass is 10.1. The van der Waals surface area contributed by atoms with Gasteiger partial charge in [0.2, 0.25) is 0 Å². The molecule has 2 heterocycles. The molecule has 0 radical (unpaired) electrons. The van der Waals surface area contributed by atoms with Crippen LogP contribution in [0.15, 0.2) is 18.2 Å². The van der Waals surface area contributed by atoms with E-state index in [-0.39, 0.29) is 0 Å². The smallest absolute Gasteiger partial charge is 0.124 e. The highest BCUT2D eigenvalue weighted by Crippen LogP contribution is 2.25.